The number of alkyl halides is 2. The smallest absolute Gasteiger partial charge is 0.495 e. The molecule has 9 nitrogen and oxygen atoms in total. The van der Waals surface area contributed by atoms with E-state index in [4.69, 9.17) is 14.0 Å². The van der Waals surface area contributed by atoms with Gasteiger partial charge in [0.15, 0.2) is 0 Å². The number of carbonyl (C=O) groups excluding carboxylic acids is 2. The maximum absolute atomic E-state index is 14.2. The zero-order valence-corrected chi connectivity index (χ0v) is 30.0. The van der Waals surface area contributed by atoms with Crippen molar-refractivity contribution >= 4 is 72.0 Å². The molecule has 15 heteroatoms. The summed E-state index contributed by atoms with van der Waals surface area (Å²) in [5.41, 5.74) is 0.773. The molecule has 2 aromatic rings. The topological polar surface area (TPSA) is 111 Å². The van der Waals surface area contributed by atoms with Crippen molar-refractivity contribution in [2.24, 2.45) is 17.8 Å². The molecule has 1 N–H and O–H groups in total. The summed E-state index contributed by atoms with van der Waals surface area (Å²) in [5.74, 6) is -0.861. The van der Waals surface area contributed by atoms with E-state index in [9.17, 15) is 26.8 Å². The fourth-order valence-corrected chi connectivity index (χ4v) is 8.91. The van der Waals surface area contributed by atoms with Gasteiger partial charge in [-0.15, -0.1) is 0 Å². The number of rotatable bonds is 8. The number of methoxy groups -OCH3 is 1. The van der Waals surface area contributed by atoms with E-state index in [0.29, 0.717) is 16.8 Å². The van der Waals surface area contributed by atoms with Crippen LogP contribution >= 0.6 is 32.1 Å². The Morgan fingerprint density at radius 2 is 1.73 bits per heavy atom. The Morgan fingerprint density at radius 1 is 1.11 bits per heavy atom. The summed E-state index contributed by atoms with van der Waals surface area (Å²) in [6.45, 7) is 9.72. The standard InChI is InChI=1S/C30H37BF2IN2O7PS/c1-16-12-23(41-6)21(15-22(16)31-42-28(2,3)29(4,5)43-31)27(38)36(34)25-18-11-10-17(13-18)24(25)26(37)35-19-8-7-9-20(14-19)45(39,40)30(32,33)44/h7-9,12,14-15,17-18,24-25H,10-11,13,44H2,1-6H3,(H,35,37)/t17-,18+,24+,25-/m1/s1. The first kappa shape index (κ1) is 34.5. The SMILES string of the molecule is COc1cc(C)c(B2OC(C)(C)C(C)(C)O2)cc1C(=O)N(I)[C@@H]1[C@H]2CC[C@H](C2)[C@@H]1C(=O)Nc1cccc(S(=O)(=O)C(F)(F)P)c1. The van der Waals surface area contributed by atoms with Crippen LogP contribution in [0.15, 0.2) is 41.3 Å². The third-order valence-electron chi connectivity index (χ3n) is 9.73. The molecule has 1 saturated heterocycles. The summed E-state index contributed by atoms with van der Waals surface area (Å²) in [5, 5.41) is 2.73. The monoisotopic (exact) mass is 776 g/mol. The minimum Gasteiger partial charge on any atom is -0.496 e. The van der Waals surface area contributed by atoms with Crippen LogP contribution in [-0.2, 0) is 23.9 Å². The third-order valence-corrected chi connectivity index (χ3v) is 13.3. The summed E-state index contributed by atoms with van der Waals surface area (Å²) in [4.78, 5) is 23.2. The Kier molecular flexibility index (Phi) is 9.18. The van der Waals surface area contributed by atoms with Crippen LogP contribution in [0.25, 0.3) is 0 Å². The molecule has 1 aliphatic heterocycles. The van der Waals surface area contributed by atoms with Crippen molar-refractivity contribution in [3.63, 3.8) is 0 Å². The van der Waals surface area contributed by atoms with Crippen molar-refractivity contribution in [3.8, 4) is 5.75 Å². The van der Waals surface area contributed by atoms with Crippen LogP contribution in [0.2, 0.25) is 0 Å². The molecule has 5 atom stereocenters. The van der Waals surface area contributed by atoms with Gasteiger partial charge in [0.1, 0.15) is 5.75 Å². The Hall–Kier alpha value is -1.87. The van der Waals surface area contributed by atoms with Gasteiger partial charge >= 0.3 is 12.1 Å². The lowest BCUT2D eigenvalue weighted by Gasteiger charge is -2.35. The number of hydrogen-bond donors (Lipinski definition) is 1. The molecule has 3 aliphatic rings. The van der Waals surface area contributed by atoms with Crippen LogP contribution in [-0.4, -0.2) is 59.8 Å². The number of anilines is 1. The lowest BCUT2D eigenvalue weighted by atomic mass is 9.75. The normalized spacial score (nSPS) is 25.3. The second kappa shape index (κ2) is 12.0. The maximum atomic E-state index is 14.2. The van der Waals surface area contributed by atoms with E-state index in [1.807, 2.05) is 57.5 Å². The molecule has 244 valence electrons. The molecule has 0 aromatic heterocycles. The zero-order valence-electron chi connectivity index (χ0n) is 25.9. The molecule has 0 radical (unpaired) electrons. The molecule has 45 heavy (non-hydrogen) atoms. The molecule has 3 fully saturated rings. The fourth-order valence-electron chi connectivity index (χ4n) is 6.59. The molecule has 2 aromatic carbocycles. The molecule has 2 saturated carbocycles. The second-order valence-corrected chi connectivity index (χ2v) is 17.3. The molecule has 2 aliphatic carbocycles. The lowest BCUT2D eigenvalue weighted by molar-refractivity contribution is -0.122. The van der Waals surface area contributed by atoms with Gasteiger partial charge in [0, 0.05) is 5.69 Å². The number of ether oxygens (including phenoxy) is 1. The van der Waals surface area contributed by atoms with E-state index >= 15 is 0 Å². The number of amides is 2. The molecule has 1 unspecified atom stereocenters. The van der Waals surface area contributed by atoms with E-state index < -0.39 is 55.9 Å². The van der Waals surface area contributed by atoms with Crippen molar-refractivity contribution in [2.45, 2.75) is 81.0 Å². The number of sulfone groups is 1. The Balaban J connectivity index is 1.42. The second-order valence-electron chi connectivity index (χ2n) is 13.0. The summed E-state index contributed by atoms with van der Waals surface area (Å²) >= 11 is 1.97. The first-order chi connectivity index (χ1) is 20.8. The highest BCUT2D eigenvalue weighted by atomic mass is 127. The molecule has 2 bridgehead atoms. The van der Waals surface area contributed by atoms with E-state index in [1.54, 1.807) is 15.2 Å². The van der Waals surface area contributed by atoms with Gasteiger partial charge in [0.2, 0.25) is 15.7 Å². The third kappa shape index (κ3) is 6.14. The number of fused-ring (bicyclic) bond motifs is 2. The Labute approximate surface area is 279 Å². The maximum Gasteiger partial charge on any atom is 0.495 e. The molecule has 0 spiro atoms. The summed E-state index contributed by atoms with van der Waals surface area (Å²) in [6, 6.07) is 7.89. The first-order valence-corrected chi connectivity index (χ1v) is 17.7. The number of aryl methyl sites for hydroxylation is 1. The van der Waals surface area contributed by atoms with Gasteiger partial charge in [-0.1, -0.05) is 6.07 Å². The van der Waals surface area contributed by atoms with Crippen molar-refractivity contribution in [3.05, 3.63) is 47.5 Å². The Bertz CT molecular complexity index is 1620. The van der Waals surface area contributed by atoms with Crippen molar-refractivity contribution in [2.75, 3.05) is 12.4 Å². The van der Waals surface area contributed by atoms with Crippen molar-refractivity contribution in [1.82, 2.24) is 3.11 Å². The van der Waals surface area contributed by atoms with Crippen molar-refractivity contribution < 1.29 is 40.8 Å². The average Bonchev–Trinajstić information content (AvgIpc) is 3.62. The van der Waals surface area contributed by atoms with Gasteiger partial charge in [-0.05, 0) is 116 Å². The quantitative estimate of drug-likeness (QED) is 0.167. The minimum absolute atomic E-state index is 0.00795. The van der Waals surface area contributed by atoms with Crippen molar-refractivity contribution in [1.29, 1.82) is 0 Å². The van der Waals surface area contributed by atoms with Crippen LogP contribution in [0.5, 0.6) is 5.75 Å². The zero-order chi connectivity index (χ0) is 33.3. The molecule has 1 heterocycles. The minimum atomic E-state index is -4.97. The number of nitrogens with one attached hydrogen (secondary N) is 1. The van der Waals surface area contributed by atoms with E-state index in [2.05, 4.69) is 5.32 Å². The van der Waals surface area contributed by atoms with Gasteiger partial charge < -0.3 is 19.4 Å². The molecular weight excluding hydrogens is 739 g/mol. The predicted molar refractivity (Wildman–Crippen MR) is 179 cm³/mol. The van der Waals surface area contributed by atoms with Crippen LogP contribution < -0.4 is 15.5 Å². The van der Waals surface area contributed by atoms with Crippen LogP contribution in [0.3, 0.4) is 0 Å². The largest absolute Gasteiger partial charge is 0.496 e. The highest BCUT2D eigenvalue weighted by Gasteiger charge is 2.55. The van der Waals surface area contributed by atoms with E-state index in [-0.39, 0.29) is 23.4 Å². The number of benzene rings is 2. The summed E-state index contributed by atoms with van der Waals surface area (Å²) in [6.07, 6.45) is 2.42. The number of hydrogen-bond acceptors (Lipinski definition) is 7. The van der Waals surface area contributed by atoms with Gasteiger partial charge in [0.05, 0.1) is 63.6 Å². The number of halogens is 3. The number of carbonyl (C=O) groups is 2. The van der Waals surface area contributed by atoms with E-state index in [1.165, 1.54) is 19.2 Å². The predicted octanol–water partition coefficient (Wildman–Crippen LogP) is 5.35. The molecular formula is C30H37BF2IN2O7PS. The van der Waals surface area contributed by atoms with Crippen LogP contribution in [0.4, 0.5) is 14.5 Å². The summed E-state index contributed by atoms with van der Waals surface area (Å²) < 4.78 is 71.9. The first-order valence-electron chi connectivity index (χ1n) is 14.6. The summed E-state index contributed by atoms with van der Waals surface area (Å²) in [7, 11) is -3.13. The van der Waals surface area contributed by atoms with E-state index in [0.717, 1.165) is 46.2 Å². The Morgan fingerprint density at radius 3 is 2.33 bits per heavy atom. The average molecular weight is 776 g/mol. The molecule has 5 rings (SSSR count). The van der Waals surface area contributed by atoms with Crippen LogP contribution in [0.1, 0.15) is 62.9 Å². The van der Waals surface area contributed by atoms with Gasteiger partial charge in [-0.25, -0.2) is 8.42 Å². The fraction of sp³-hybridized carbons (Fsp3) is 0.533. The lowest BCUT2D eigenvalue weighted by Crippen LogP contribution is -2.47. The molecule has 2 amide bonds. The number of nitrogens with zero attached hydrogens (tertiary/aromatic N) is 1. The van der Waals surface area contributed by atoms with Gasteiger partial charge in [-0.2, -0.15) is 8.78 Å². The highest BCUT2D eigenvalue weighted by Crippen LogP contribution is 2.52. The van der Waals surface area contributed by atoms with Crippen LogP contribution in [0, 0.1) is 24.7 Å². The highest BCUT2D eigenvalue weighted by molar-refractivity contribution is 14.1. The van der Waals surface area contributed by atoms with Gasteiger partial charge in [-0.3, -0.25) is 12.7 Å². The van der Waals surface area contributed by atoms with Gasteiger partial charge in [0.25, 0.3) is 5.91 Å².